The van der Waals surface area contributed by atoms with Crippen molar-refractivity contribution < 1.29 is 4.74 Å². The zero-order valence-electron chi connectivity index (χ0n) is 16.5. The second-order valence-electron chi connectivity index (χ2n) is 7.62. The Morgan fingerprint density at radius 2 is 1.48 bits per heavy atom. The molecule has 0 unspecified atom stereocenters. The molecule has 4 nitrogen and oxygen atoms in total. The molecule has 0 saturated heterocycles. The van der Waals surface area contributed by atoms with Gasteiger partial charge >= 0.3 is 0 Å². The lowest BCUT2D eigenvalue weighted by molar-refractivity contribution is 0.325. The highest BCUT2D eigenvalue weighted by atomic mass is 16.5. The van der Waals surface area contributed by atoms with E-state index in [9.17, 15) is 0 Å². The van der Waals surface area contributed by atoms with Crippen molar-refractivity contribution in [3.05, 3.63) is 35.4 Å². The smallest absolute Gasteiger partial charge is 0.235 e. The van der Waals surface area contributed by atoms with Gasteiger partial charge in [0.25, 0.3) is 0 Å². The number of benzene rings is 1. The van der Waals surface area contributed by atoms with E-state index in [1.165, 1.54) is 38.5 Å². The molecule has 0 N–H and O–H groups in total. The molecule has 1 aromatic rings. The van der Waals surface area contributed by atoms with E-state index >= 15 is 0 Å². The largest absolute Gasteiger partial charge is 0.477 e. The number of rotatable bonds is 5. The predicted molar refractivity (Wildman–Crippen MR) is 111 cm³/mol. The highest BCUT2D eigenvalue weighted by Gasteiger charge is 2.21. The molecule has 27 heavy (non-hydrogen) atoms. The molecule has 3 rings (SSSR count). The van der Waals surface area contributed by atoms with Gasteiger partial charge in [-0.25, -0.2) is 4.99 Å². The van der Waals surface area contributed by atoms with E-state index in [2.05, 4.69) is 6.07 Å². The lowest BCUT2D eigenvalue weighted by Gasteiger charge is -2.22. The van der Waals surface area contributed by atoms with E-state index in [0.717, 1.165) is 37.0 Å². The number of ether oxygens (including phenoxy) is 1. The quantitative estimate of drug-likeness (QED) is 0.515. The molecule has 0 heterocycles. The summed E-state index contributed by atoms with van der Waals surface area (Å²) in [5.41, 5.74) is 2.54. The molecule has 0 atom stereocenters. The summed E-state index contributed by atoms with van der Waals surface area (Å²) < 4.78 is 6.01. The summed E-state index contributed by atoms with van der Waals surface area (Å²) in [6.45, 7) is 2.60. The Hall–Kier alpha value is -2.15. The van der Waals surface area contributed by atoms with E-state index in [1.807, 2.05) is 31.2 Å². The van der Waals surface area contributed by atoms with Gasteiger partial charge in [-0.2, -0.15) is 5.26 Å². The molecule has 0 aromatic heterocycles. The molecule has 0 bridgehead atoms. The molecule has 2 aliphatic carbocycles. The predicted octanol–water partition coefficient (Wildman–Crippen LogP) is 5.45. The topological polar surface area (TPSA) is 57.7 Å². The van der Waals surface area contributed by atoms with E-state index in [0.29, 0.717) is 30.2 Å². The van der Waals surface area contributed by atoms with Crippen molar-refractivity contribution in [2.24, 2.45) is 9.98 Å². The average Bonchev–Trinajstić information content (AvgIpc) is 2.73. The van der Waals surface area contributed by atoms with Gasteiger partial charge in [0.05, 0.1) is 30.3 Å². The van der Waals surface area contributed by atoms with Crippen LogP contribution in [0.15, 0.2) is 34.3 Å². The molecule has 144 valence electrons. The summed E-state index contributed by atoms with van der Waals surface area (Å²) in [5, 5.41) is 9.11. The number of hydrogen-bond acceptors (Lipinski definition) is 4. The second-order valence-corrected chi connectivity index (χ2v) is 7.62. The Labute approximate surface area is 163 Å². The lowest BCUT2D eigenvalue weighted by atomic mass is 9.95. The van der Waals surface area contributed by atoms with Crippen molar-refractivity contribution >= 4 is 11.6 Å². The van der Waals surface area contributed by atoms with Crippen LogP contribution in [0.4, 0.5) is 0 Å². The van der Waals surface area contributed by atoms with Gasteiger partial charge in [-0.15, -0.1) is 0 Å². The van der Waals surface area contributed by atoms with E-state index < -0.39 is 0 Å². The fourth-order valence-corrected chi connectivity index (χ4v) is 4.03. The number of aliphatic imine (C=N–C) groups is 2. The van der Waals surface area contributed by atoms with Crippen LogP contribution in [0.1, 0.15) is 82.3 Å². The summed E-state index contributed by atoms with van der Waals surface area (Å²) in [7, 11) is 0. The lowest BCUT2D eigenvalue weighted by Crippen LogP contribution is -2.25. The average molecular weight is 366 g/mol. The van der Waals surface area contributed by atoms with Gasteiger partial charge in [0.15, 0.2) is 0 Å². The van der Waals surface area contributed by atoms with E-state index in [-0.39, 0.29) is 0 Å². The summed E-state index contributed by atoms with van der Waals surface area (Å²) in [6.07, 6.45) is 12.2. The maximum Gasteiger partial charge on any atom is 0.235 e. The highest BCUT2D eigenvalue weighted by Crippen LogP contribution is 2.24. The second kappa shape index (κ2) is 10.3. The normalized spacial score (nSPS) is 20.3. The van der Waals surface area contributed by atoms with Crippen molar-refractivity contribution in [1.82, 2.24) is 0 Å². The maximum atomic E-state index is 9.11. The van der Waals surface area contributed by atoms with Crippen LogP contribution < -0.4 is 0 Å². The van der Waals surface area contributed by atoms with Gasteiger partial charge in [-0.1, -0.05) is 50.7 Å². The zero-order valence-corrected chi connectivity index (χ0v) is 16.5. The zero-order chi connectivity index (χ0) is 18.9. The summed E-state index contributed by atoms with van der Waals surface area (Å²) in [4.78, 5) is 10.1. The minimum Gasteiger partial charge on any atom is -0.477 e. The van der Waals surface area contributed by atoms with Crippen LogP contribution in [0.2, 0.25) is 0 Å². The van der Waals surface area contributed by atoms with Crippen molar-refractivity contribution in [2.75, 3.05) is 6.61 Å². The van der Waals surface area contributed by atoms with Gasteiger partial charge < -0.3 is 4.74 Å². The van der Waals surface area contributed by atoms with Gasteiger partial charge in [0.1, 0.15) is 5.71 Å². The van der Waals surface area contributed by atoms with Crippen LogP contribution in [0, 0.1) is 11.3 Å². The van der Waals surface area contributed by atoms with Gasteiger partial charge in [-0.05, 0) is 44.7 Å². The minimum atomic E-state index is 0.343. The molecule has 4 heteroatoms. The van der Waals surface area contributed by atoms with Gasteiger partial charge in [0.2, 0.25) is 5.90 Å². The highest BCUT2D eigenvalue weighted by molar-refractivity contribution is 6.45. The molecule has 2 saturated carbocycles. The van der Waals surface area contributed by atoms with Crippen molar-refractivity contribution in [1.29, 1.82) is 5.26 Å². The Bertz CT molecular complexity index is 687. The molecular weight excluding hydrogens is 334 g/mol. The Morgan fingerprint density at radius 3 is 2.00 bits per heavy atom. The third kappa shape index (κ3) is 5.66. The van der Waals surface area contributed by atoms with E-state index in [1.54, 1.807) is 0 Å². The minimum absolute atomic E-state index is 0.343. The molecular formula is C23H31N3O. The van der Waals surface area contributed by atoms with Crippen LogP contribution in [-0.2, 0) is 4.74 Å². The van der Waals surface area contributed by atoms with Crippen molar-refractivity contribution in [3.8, 4) is 6.07 Å². The standard InChI is InChI=1S/C23H31N3O/c1-2-27-23(26-21-11-7-4-8-12-21)22(25-20-9-5-3-6-10-20)19-15-13-18(17-24)14-16-19/h13-16,20-21H,2-12H2,1H3. The van der Waals surface area contributed by atoms with Gasteiger partial charge in [0, 0.05) is 5.56 Å². The number of nitrogens with zero attached hydrogens (tertiary/aromatic N) is 3. The van der Waals surface area contributed by atoms with Crippen molar-refractivity contribution in [2.45, 2.75) is 83.2 Å². The number of hydrogen-bond donors (Lipinski definition) is 0. The van der Waals surface area contributed by atoms with Gasteiger partial charge in [-0.3, -0.25) is 4.99 Å². The summed E-state index contributed by atoms with van der Waals surface area (Å²) >= 11 is 0. The molecule has 2 fully saturated rings. The third-order valence-corrected chi connectivity index (χ3v) is 5.53. The Morgan fingerprint density at radius 1 is 0.926 bits per heavy atom. The first kappa shape index (κ1) is 19.6. The third-order valence-electron chi connectivity index (χ3n) is 5.53. The fraction of sp³-hybridized carbons (Fsp3) is 0.609. The fourth-order valence-electron chi connectivity index (χ4n) is 4.03. The molecule has 0 radical (unpaired) electrons. The number of nitriles is 1. The summed E-state index contributed by atoms with van der Waals surface area (Å²) in [5.74, 6) is 0.694. The van der Waals surface area contributed by atoms with E-state index in [4.69, 9.17) is 20.0 Å². The Balaban J connectivity index is 1.95. The molecule has 2 aliphatic rings. The first-order valence-corrected chi connectivity index (χ1v) is 10.6. The van der Waals surface area contributed by atoms with Crippen LogP contribution in [-0.4, -0.2) is 30.3 Å². The van der Waals surface area contributed by atoms with Crippen LogP contribution in [0.25, 0.3) is 0 Å². The molecule has 0 spiro atoms. The van der Waals surface area contributed by atoms with Crippen molar-refractivity contribution in [3.63, 3.8) is 0 Å². The van der Waals surface area contributed by atoms with Crippen LogP contribution >= 0.6 is 0 Å². The van der Waals surface area contributed by atoms with Crippen LogP contribution in [0.5, 0.6) is 0 Å². The monoisotopic (exact) mass is 365 g/mol. The molecule has 1 aromatic carbocycles. The maximum absolute atomic E-state index is 9.11. The first-order valence-electron chi connectivity index (χ1n) is 10.6. The van der Waals surface area contributed by atoms with Crippen LogP contribution in [0.3, 0.4) is 0 Å². The Kier molecular flexibility index (Phi) is 7.45. The first-order chi connectivity index (χ1) is 13.3. The SMILES string of the molecule is CCOC(=NC1CCCCC1)C(=NC1CCCCC1)c1ccc(C#N)cc1. The summed E-state index contributed by atoms with van der Waals surface area (Å²) in [6, 6.07) is 10.6. The molecule has 0 aliphatic heterocycles. The molecule has 0 amide bonds.